The highest BCUT2D eigenvalue weighted by atomic mass is 35.5. The van der Waals surface area contributed by atoms with Crippen molar-refractivity contribution >= 4 is 38.4 Å². The number of quaternary nitrogens is 3. The first-order valence-corrected chi connectivity index (χ1v) is 17.2. The van der Waals surface area contributed by atoms with E-state index < -0.39 is 45.9 Å². The number of piperazine rings is 1. The van der Waals surface area contributed by atoms with Gasteiger partial charge in [0.05, 0.1) is 80.6 Å². The Kier molecular flexibility index (Phi) is 10.2. The predicted molar refractivity (Wildman–Crippen MR) is 163 cm³/mol. The van der Waals surface area contributed by atoms with Gasteiger partial charge < -0.3 is 59.4 Å². The fourth-order valence-electron chi connectivity index (χ4n) is 7.99. The number of aliphatic hydroxyl groups excluding tert-OH is 1. The molecule has 0 aliphatic carbocycles. The highest BCUT2D eigenvalue weighted by Crippen LogP contribution is 2.49. The number of carboxylic acids is 1. The summed E-state index contributed by atoms with van der Waals surface area (Å²) >= 11 is 0. The number of likely N-dealkylation sites (N-methyl/N-ethyl adjacent to an activating group) is 2. The van der Waals surface area contributed by atoms with Crippen molar-refractivity contribution < 1.29 is 67.7 Å². The lowest BCUT2D eigenvalue weighted by molar-refractivity contribution is -1.02. The summed E-state index contributed by atoms with van der Waals surface area (Å²) in [6.45, 7) is 10.7. The van der Waals surface area contributed by atoms with E-state index in [1.165, 1.54) is 22.7 Å². The molecule has 14 heteroatoms. The van der Waals surface area contributed by atoms with Crippen LogP contribution in [0.25, 0.3) is 10.8 Å². The first kappa shape index (κ1) is 36.4. The largest absolute Gasteiger partial charge is 1.00 e. The molecule has 254 valence electrons. The molecular weight excluding hydrogens is 653 g/mol. The summed E-state index contributed by atoms with van der Waals surface area (Å²) in [5, 5.41) is 24.0. The van der Waals surface area contributed by atoms with Gasteiger partial charge in [0.1, 0.15) is 26.2 Å². The molecule has 0 spiro atoms. The normalized spacial score (nSPS) is 30.0. The number of rotatable bonds is 10. The smallest absolute Gasteiger partial charge is 0.265 e. The number of amides is 1. The van der Waals surface area contributed by atoms with Crippen LogP contribution < -0.4 is 40.0 Å². The van der Waals surface area contributed by atoms with E-state index in [4.69, 9.17) is 0 Å². The van der Waals surface area contributed by atoms with E-state index in [1.807, 2.05) is 18.2 Å². The summed E-state index contributed by atoms with van der Waals surface area (Å²) in [7, 11) is 0.685. The molecule has 0 aromatic heterocycles. The van der Waals surface area contributed by atoms with Crippen LogP contribution in [0.2, 0.25) is 0 Å². The minimum atomic E-state index is -3.98. The van der Waals surface area contributed by atoms with Crippen molar-refractivity contribution in [2.24, 2.45) is 11.8 Å². The van der Waals surface area contributed by atoms with Gasteiger partial charge in [0, 0.05) is 24.1 Å². The van der Waals surface area contributed by atoms with E-state index in [9.17, 15) is 28.2 Å². The van der Waals surface area contributed by atoms with Crippen molar-refractivity contribution in [3.05, 3.63) is 47.2 Å². The number of aliphatic hydroxyl groups is 1. The number of sulfonamides is 1. The van der Waals surface area contributed by atoms with Crippen LogP contribution >= 0.6 is 0 Å². The summed E-state index contributed by atoms with van der Waals surface area (Å²) in [6, 6.07) is 8.66. The Morgan fingerprint density at radius 2 is 1.72 bits per heavy atom. The Bertz CT molecular complexity index is 1670. The lowest BCUT2D eigenvalue weighted by atomic mass is 9.78. The monoisotopic (exact) mass is 697 g/mol. The number of β-lactam (4-membered cyclic amide) rings is 1. The quantitative estimate of drug-likeness (QED) is 0.187. The van der Waals surface area contributed by atoms with Gasteiger partial charge in [-0.05, 0) is 35.6 Å². The van der Waals surface area contributed by atoms with E-state index in [0.717, 1.165) is 72.0 Å². The Morgan fingerprint density at radius 1 is 1.09 bits per heavy atom. The lowest BCUT2D eigenvalue weighted by Crippen LogP contribution is -3.00. The van der Waals surface area contributed by atoms with Crippen LogP contribution in [0.4, 0.5) is 5.69 Å². The maximum absolute atomic E-state index is 14.0. The van der Waals surface area contributed by atoms with Gasteiger partial charge in [-0.1, -0.05) is 25.1 Å². The number of aliphatic carboxylic acids is 1. The van der Waals surface area contributed by atoms with Gasteiger partial charge in [-0.15, -0.1) is 0 Å². The van der Waals surface area contributed by atoms with Crippen molar-refractivity contribution in [3.63, 3.8) is 0 Å². The van der Waals surface area contributed by atoms with Crippen molar-refractivity contribution in [2.75, 3.05) is 70.8 Å². The third-order valence-corrected chi connectivity index (χ3v) is 12.8. The van der Waals surface area contributed by atoms with Crippen LogP contribution in [0.1, 0.15) is 25.8 Å². The van der Waals surface area contributed by atoms with E-state index in [2.05, 4.69) is 19.8 Å². The third-order valence-electron chi connectivity index (χ3n) is 11.0. The number of halogens is 2. The second-order valence-corrected chi connectivity index (χ2v) is 15.7. The standard InChI is InChI=1S/C32H44N5O6S.2ClH/c1-20-24(30(32(40)41)35-29(20)27(21(2)38)31(35)39)19-34-25-8-5-7-23-22(9-10-26(28(23)25)44(34,42)43)11-14-37(4)17-15-36(3,16-18-37)13-6-12-33;;/h5,7-10,20-21,27,29,38H,6,11-19,33H2,1-4H3;2*1H/q+1;;/p-1/t20-,21+,27+,29+,36?,37?;;/m0../s1. The summed E-state index contributed by atoms with van der Waals surface area (Å²) in [5.41, 5.74) is 5.66. The van der Waals surface area contributed by atoms with Gasteiger partial charge in [0.25, 0.3) is 10.0 Å². The van der Waals surface area contributed by atoms with Crippen LogP contribution in [0, 0.1) is 11.8 Å². The zero-order valence-corrected chi connectivity index (χ0v) is 29.2. The first-order chi connectivity index (χ1) is 20.7. The van der Waals surface area contributed by atoms with Crippen LogP contribution in [-0.4, -0.2) is 118 Å². The number of carbonyl (C=O) groups excluding carboxylic acids is 2. The highest BCUT2D eigenvalue weighted by Gasteiger charge is 2.59. The molecule has 4 aliphatic rings. The number of carboxylic acid groups (broad SMARTS) is 1. The van der Waals surface area contributed by atoms with Gasteiger partial charge in [-0.2, -0.15) is 0 Å². The summed E-state index contributed by atoms with van der Waals surface area (Å²) in [6.07, 6.45) is 1.01. The highest BCUT2D eigenvalue weighted by molar-refractivity contribution is 7.93. The van der Waals surface area contributed by atoms with E-state index in [0.29, 0.717) is 16.6 Å². The zero-order chi connectivity index (χ0) is 31.8. The maximum atomic E-state index is 14.0. The average molecular weight is 699 g/mol. The molecule has 0 saturated carbocycles. The topological polar surface area (TPSA) is 146 Å². The van der Waals surface area contributed by atoms with Crippen molar-refractivity contribution in [1.29, 1.82) is 0 Å². The van der Waals surface area contributed by atoms with E-state index in [1.54, 1.807) is 19.1 Å². The molecule has 1 amide bonds. The number of benzene rings is 2. The fourth-order valence-corrected chi connectivity index (χ4v) is 9.66. The molecule has 46 heavy (non-hydrogen) atoms. The molecule has 2 fully saturated rings. The fraction of sp³-hybridized carbons (Fsp3) is 0.562. The maximum Gasteiger partial charge on any atom is 0.265 e. The van der Waals surface area contributed by atoms with Gasteiger partial charge in [0.15, 0.2) is 0 Å². The summed E-state index contributed by atoms with van der Waals surface area (Å²) in [4.78, 5) is 26.5. The minimum Gasteiger partial charge on any atom is -1.00 e. The second-order valence-electron chi connectivity index (χ2n) is 13.9. The van der Waals surface area contributed by atoms with E-state index >= 15 is 0 Å². The van der Waals surface area contributed by atoms with Crippen LogP contribution in [0.3, 0.4) is 0 Å². The molecule has 6 rings (SSSR count). The van der Waals surface area contributed by atoms with Crippen LogP contribution in [-0.2, 0) is 26.0 Å². The van der Waals surface area contributed by atoms with Gasteiger partial charge in [-0.3, -0.25) is 9.10 Å². The number of nitrogens with zero attached hydrogens (tertiary/aromatic N) is 4. The molecule has 4 atom stereocenters. The molecular formula is C32H45Cl2N5O6S. The third kappa shape index (κ3) is 5.69. The molecule has 2 aromatic rings. The molecule has 4 heterocycles. The van der Waals surface area contributed by atoms with Gasteiger partial charge >= 0.3 is 0 Å². The lowest BCUT2D eigenvalue weighted by Gasteiger charge is -2.47. The SMILES string of the molecule is C[C@@H](O)[C@H]1C(=O)N2C(C(=O)[O-])=C(CN3c4cccc5c(CC[N+]6(C)CC[N+](C)(CCC[NH3+])CC6)ccc(c45)S3(=O)=O)[C@H](C)[C@H]12.[Cl-].[Cl-]. The second kappa shape index (κ2) is 12.9. The van der Waals surface area contributed by atoms with Crippen molar-refractivity contribution in [3.8, 4) is 0 Å². The minimum absolute atomic E-state index is 0. The molecule has 0 unspecified atom stereocenters. The molecule has 4 aliphatic heterocycles. The number of hydrogen-bond donors (Lipinski definition) is 2. The predicted octanol–water partition coefficient (Wildman–Crippen LogP) is -6.70. The van der Waals surface area contributed by atoms with Gasteiger partial charge in [0.2, 0.25) is 5.91 Å². The number of anilines is 1. The molecule has 2 saturated heterocycles. The average Bonchev–Trinajstić information content (AvgIpc) is 3.35. The van der Waals surface area contributed by atoms with Crippen LogP contribution in [0.5, 0.6) is 0 Å². The molecule has 4 N–H and O–H groups in total. The Morgan fingerprint density at radius 3 is 2.30 bits per heavy atom. The zero-order valence-electron chi connectivity index (χ0n) is 26.9. The van der Waals surface area contributed by atoms with Crippen LogP contribution in [0.15, 0.2) is 46.5 Å². The molecule has 2 aromatic carbocycles. The van der Waals surface area contributed by atoms with Gasteiger partial charge in [-0.25, -0.2) is 8.42 Å². The molecule has 0 radical (unpaired) electrons. The Balaban J connectivity index is 0.00000240. The summed E-state index contributed by atoms with van der Waals surface area (Å²) < 4.78 is 31.3. The first-order valence-electron chi connectivity index (χ1n) is 15.7. The van der Waals surface area contributed by atoms with E-state index in [-0.39, 0.29) is 42.0 Å². The number of fused-ring (bicyclic) bond motifs is 1. The summed E-state index contributed by atoms with van der Waals surface area (Å²) in [5.74, 6) is -3.18. The Labute approximate surface area is 283 Å². The number of hydrogen-bond acceptors (Lipinski definition) is 6. The molecule has 11 nitrogen and oxygen atoms in total. The number of carbonyl (C=O) groups is 2. The Hall–Kier alpha value is -2.45. The van der Waals surface area contributed by atoms with Crippen molar-refractivity contribution in [1.82, 2.24) is 4.90 Å². The van der Waals surface area contributed by atoms with Crippen molar-refractivity contribution in [2.45, 2.75) is 43.7 Å². The molecule has 0 bridgehead atoms.